The predicted octanol–water partition coefficient (Wildman–Crippen LogP) is 2.86. The topological polar surface area (TPSA) is 55.5 Å². The van der Waals surface area contributed by atoms with E-state index in [0.717, 1.165) is 5.75 Å². The number of thiophene rings is 1. The van der Waals surface area contributed by atoms with E-state index in [4.69, 9.17) is 10.5 Å². The van der Waals surface area contributed by atoms with Gasteiger partial charge >= 0.3 is 0 Å². The Morgan fingerprint density at radius 3 is 2.72 bits per heavy atom. The van der Waals surface area contributed by atoms with Crippen LogP contribution in [0.4, 0.5) is 5.69 Å². The van der Waals surface area contributed by atoms with Gasteiger partial charge in [-0.2, -0.15) is 0 Å². The minimum absolute atomic E-state index is 0.294. The van der Waals surface area contributed by atoms with Crippen LogP contribution in [0.2, 0.25) is 0 Å². The molecule has 3 nitrogen and oxygen atoms in total. The Bertz CT molecular complexity index is 456. The Labute approximate surface area is 115 Å². The molecule has 18 heavy (non-hydrogen) atoms. The highest BCUT2D eigenvalue weighted by molar-refractivity contribution is 8.01. The van der Waals surface area contributed by atoms with Crippen molar-refractivity contribution < 1.29 is 9.84 Å². The molecule has 1 heterocycles. The van der Waals surface area contributed by atoms with Gasteiger partial charge in [0.15, 0.2) is 0 Å². The first-order valence-corrected chi connectivity index (χ1v) is 7.43. The number of ether oxygens (including phenoxy) is 1. The molecule has 2 rings (SSSR count). The lowest BCUT2D eigenvalue weighted by Crippen LogP contribution is -2.19. The highest BCUT2D eigenvalue weighted by Crippen LogP contribution is 2.24. The number of aliphatic hydroxyl groups excluding tert-OH is 1. The van der Waals surface area contributed by atoms with Gasteiger partial charge in [-0.25, -0.2) is 0 Å². The highest BCUT2D eigenvalue weighted by atomic mass is 32.2. The molecule has 1 atom stereocenters. The first-order chi connectivity index (χ1) is 8.74. The van der Waals surface area contributed by atoms with E-state index < -0.39 is 6.10 Å². The van der Waals surface area contributed by atoms with Crippen molar-refractivity contribution in [2.24, 2.45) is 0 Å². The molecule has 96 valence electrons. The zero-order chi connectivity index (χ0) is 12.8. The van der Waals surface area contributed by atoms with E-state index in [1.165, 1.54) is 4.21 Å². The van der Waals surface area contributed by atoms with Crippen molar-refractivity contribution >= 4 is 28.8 Å². The average Bonchev–Trinajstić information content (AvgIpc) is 2.89. The van der Waals surface area contributed by atoms with Gasteiger partial charge in [0.2, 0.25) is 0 Å². The summed E-state index contributed by atoms with van der Waals surface area (Å²) in [7, 11) is 0. The monoisotopic (exact) mass is 281 g/mol. The third-order valence-corrected chi connectivity index (χ3v) is 4.51. The summed E-state index contributed by atoms with van der Waals surface area (Å²) < 4.78 is 6.69. The highest BCUT2D eigenvalue weighted by Gasteiger charge is 2.06. The molecule has 2 aromatic rings. The van der Waals surface area contributed by atoms with Gasteiger partial charge in [0.25, 0.3) is 0 Å². The van der Waals surface area contributed by atoms with Gasteiger partial charge in [-0.15, -0.1) is 23.1 Å². The maximum absolute atomic E-state index is 9.80. The van der Waals surface area contributed by atoms with Gasteiger partial charge in [0, 0.05) is 11.4 Å². The van der Waals surface area contributed by atoms with Crippen molar-refractivity contribution in [1.82, 2.24) is 0 Å². The maximum Gasteiger partial charge on any atom is 0.119 e. The summed E-state index contributed by atoms with van der Waals surface area (Å²) in [5, 5.41) is 11.8. The van der Waals surface area contributed by atoms with E-state index >= 15 is 0 Å². The van der Waals surface area contributed by atoms with Crippen LogP contribution in [0.15, 0.2) is 46.0 Å². The molecule has 5 heteroatoms. The fourth-order valence-corrected chi connectivity index (χ4v) is 3.05. The van der Waals surface area contributed by atoms with E-state index in [1.807, 2.05) is 17.5 Å². The van der Waals surface area contributed by atoms with Crippen molar-refractivity contribution in [2.45, 2.75) is 10.3 Å². The second kappa shape index (κ2) is 6.68. The number of hydrogen-bond donors (Lipinski definition) is 2. The zero-order valence-electron chi connectivity index (χ0n) is 9.78. The van der Waals surface area contributed by atoms with Crippen LogP contribution in [0, 0.1) is 0 Å². The molecule has 1 aromatic carbocycles. The smallest absolute Gasteiger partial charge is 0.119 e. The molecule has 0 aliphatic rings. The van der Waals surface area contributed by atoms with Crippen molar-refractivity contribution in [3.63, 3.8) is 0 Å². The lowest BCUT2D eigenvalue weighted by molar-refractivity contribution is 0.126. The van der Waals surface area contributed by atoms with Crippen molar-refractivity contribution in [3.8, 4) is 5.75 Å². The molecule has 1 aromatic heterocycles. The Balaban J connectivity index is 1.71. The molecule has 0 aliphatic carbocycles. The molecular weight excluding hydrogens is 266 g/mol. The number of hydrogen-bond acceptors (Lipinski definition) is 5. The SMILES string of the molecule is Nc1ccc(OCC(O)CSc2cccs2)cc1. The fourth-order valence-electron chi connectivity index (χ4n) is 1.33. The van der Waals surface area contributed by atoms with E-state index in [-0.39, 0.29) is 0 Å². The minimum atomic E-state index is -0.477. The normalized spacial score (nSPS) is 12.3. The van der Waals surface area contributed by atoms with Crippen LogP contribution in [0.5, 0.6) is 5.75 Å². The summed E-state index contributed by atoms with van der Waals surface area (Å²) in [5.74, 6) is 1.36. The van der Waals surface area contributed by atoms with Crippen molar-refractivity contribution in [3.05, 3.63) is 41.8 Å². The number of nitrogens with two attached hydrogens (primary N) is 1. The molecule has 0 radical (unpaired) electrons. The van der Waals surface area contributed by atoms with Crippen molar-refractivity contribution in [1.29, 1.82) is 0 Å². The van der Waals surface area contributed by atoms with E-state index in [0.29, 0.717) is 18.0 Å². The first-order valence-electron chi connectivity index (χ1n) is 5.57. The van der Waals surface area contributed by atoms with Gasteiger partial charge in [0.1, 0.15) is 12.4 Å². The van der Waals surface area contributed by atoms with Gasteiger partial charge in [-0.3, -0.25) is 0 Å². The molecule has 0 saturated heterocycles. The van der Waals surface area contributed by atoms with Crippen LogP contribution < -0.4 is 10.5 Å². The van der Waals surface area contributed by atoms with Gasteiger partial charge < -0.3 is 15.6 Å². The summed E-state index contributed by atoms with van der Waals surface area (Å²) in [6, 6.07) is 11.2. The minimum Gasteiger partial charge on any atom is -0.491 e. The molecule has 0 amide bonds. The van der Waals surface area contributed by atoms with Crippen LogP contribution in [-0.2, 0) is 0 Å². The van der Waals surface area contributed by atoms with Gasteiger partial charge in [-0.05, 0) is 35.7 Å². The summed E-state index contributed by atoms with van der Waals surface area (Å²) in [6.45, 7) is 0.294. The lowest BCUT2D eigenvalue weighted by Gasteiger charge is -2.11. The number of anilines is 1. The van der Waals surface area contributed by atoms with Gasteiger partial charge in [0.05, 0.1) is 10.3 Å². The van der Waals surface area contributed by atoms with E-state index in [9.17, 15) is 5.11 Å². The van der Waals surface area contributed by atoms with Crippen LogP contribution in [0.1, 0.15) is 0 Å². The Hall–Kier alpha value is -1.17. The lowest BCUT2D eigenvalue weighted by atomic mass is 10.3. The van der Waals surface area contributed by atoms with E-state index in [1.54, 1.807) is 47.4 Å². The Morgan fingerprint density at radius 1 is 1.28 bits per heavy atom. The average molecular weight is 281 g/mol. The maximum atomic E-state index is 9.80. The quantitative estimate of drug-likeness (QED) is 0.631. The zero-order valence-corrected chi connectivity index (χ0v) is 11.4. The van der Waals surface area contributed by atoms with E-state index in [2.05, 4.69) is 0 Å². The standard InChI is InChI=1S/C13H15NO2S2/c14-10-3-5-12(6-4-10)16-8-11(15)9-18-13-2-1-7-17-13/h1-7,11,15H,8-9,14H2. The Kier molecular flexibility index (Phi) is 4.92. The summed E-state index contributed by atoms with van der Waals surface area (Å²) >= 11 is 3.32. The second-order valence-corrected chi connectivity index (χ2v) is 6.04. The third-order valence-electron chi connectivity index (χ3n) is 2.24. The molecule has 3 N–H and O–H groups in total. The Morgan fingerprint density at radius 2 is 2.06 bits per heavy atom. The predicted molar refractivity (Wildman–Crippen MR) is 77.4 cm³/mol. The summed E-state index contributed by atoms with van der Waals surface area (Å²) in [5.41, 5.74) is 6.28. The molecule has 0 saturated carbocycles. The number of rotatable bonds is 6. The summed E-state index contributed by atoms with van der Waals surface area (Å²) in [6.07, 6.45) is -0.477. The molecule has 0 aliphatic heterocycles. The fraction of sp³-hybridized carbons (Fsp3) is 0.231. The van der Waals surface area contributed by atoms with Crippen LogP contribution in [0.3, 0.4) is 0 Å². The van der Waals surface area contributed by atoms with Crippen LogP contribution in [-0.4, -0.2) is 23.6 Å². The van der Waals surface area contributed by atoms with Crippen LogP contribution in [0.25, 0.3) is 0 Å². The molecular formula is C13H15NO2S2. The number of nitrogen functional groups attached to an aromatic ring is 1. The molecule has 0 spiro atoms. The number of aliphatic hydroxyl groups is 1. The third kappa shape index (κ3) is 4.25. The molecule has 0 bridgehead atoms. The number of benzene rings is 1. The van der Waals surface area contributed by atoms with Crippen molar-refractivity contribution in [2.75, 3.05) is 18.1 Å². The second-order valence-electron chi connectivity index (χ2n) is 3.78. The molecule has 0 fully saturated rings. The first kappa shape index (κ1) is 13.3. The summed E-state index contributed by atoms with van der Waals surface area (Å²) in [4.78, 5) is 0. The largest absolute Gasteiger partial charge is 0.491 e. The number of thioether (sulfide) groups is 1. The van der Waals surface area contributed by atoms with Crippen LogP contribution >= 0.6 is 23.1 Å². The van der Waals surface area contributed by atoms with Gasteiger partial charge in [-0.1, -0.05) is 6.07 Å². The molecule has 1 unspecified atom stereocenters.